The number of carboxylic acid groups (broad SMARTS) is 1. The first-order valence-electron chi connectivity index (χ1n) is 8.00. The molecule has 8 heteroatoms. The molecule has 0 heterocycles. The quantitative estimate of drug-likeness (QED) is 0.849. The number of carbonyl (C=O) groups is 3. The summed E-state index contributed by atoms with van der Waals surface area (Å²) in [6, 6.07) is 2.66. The number of hydrogen-bond donors (Lipinski definition) is 2. The first kappa shape index (κ1) is 18.8. The fourth-order valence-corrected chi connectivity index (χ4v) is 3.02. The first-order valence-corrected chi connectivity index (χ1v) is 8.00. The SMILES string of the molecule is CN(CC(=O)Nc1cc(F)cc(F)c1)C(=O)C1CCC(C(=O)O)CC1. The fourth-order valence-electron chi connectivity index (χ4n) is 3.02. The Labute approximate surface area is 143 Å². The summed E-state index contributed by atoms with van der Waals surface area (Å²) in [5.74, 6) is -3.99. The molecule has 1 saturated carbocycles. The van der Waals surface area contributed by atoms with Gasteiger partial charge < -0.3 is 15.3 Å². The number of carboxylic acids is 1. The Morgan fingerprint density at radius 2 is 1.60 bits per heavy atom. The summed E-state index contributed by atoms with van der Waals surface area (Å²) in [6.07, 6.45) is 1.82. The van der Waals surface area contributed by atoms with Crippen molar-refractivity contribution in [3.63, 3.8) is 0 Å². The molecule has 1 aromatic rings. The number of likely N-dealkylation sites (N-methyl/N-ethyl adjacent to an activating group) is 1. The van der Waals surface area contributed by atoms with E-state index >= 15 is 0 Å². The minimum Gasteiger partial charge on any atom is -0.481 e. The number of amides is 2. The van der Waals surface area contributed by atoms with Gasteiger partial charge in [-0.15, -0.1) is 0 Å². The summed E-state index contributed by atoms with van der Waals surface area (Å²) in [6.45, 7) is -0.254. The Kier molecular flexibility index (Phi) is 6.06. The number of hydrogen-bond acceptors (Lipinski definition) is 3. The van der Waals surface area contributed by atoms with Gasteiger partial charge in [-0.05, 0) is 37.8 Å². The molecule has 6 nitrogen and oxygen atoms in total. The van der Waals surface area contributed by atoms with E-state index in [1.807, 2.05) is 0 Å². The van der Waals surface area contributed by atoms with E-state index in [2.05, 4.69) is 5.32 Å². The van der Waals surface area contributed by atoms with E-state index in [0.717, 1.165) is 12.1 Å². The van der Waals surface area contributed by atoms with E-state index in [9.17, 15) is 23.2 Å². The number of rotatable bonds is 5. The van der Waals surface area contributed by atoms with Crippen LogP contribution in [0.3, 0.4) is 0 Å². The summed E-state index contributed by atoms with van der Waals surface area (Å²) in [5.41, 5.74) is -0.0229. The van der Waals surface area contributed by atoms with Crippen LogP contribution in [0.5, 0.6) is 0 Å². The van der Waals surface area contributed by atoms with Crippen LogP contribution in [0.4, 0.5) is 14.5 Å². The van der Waals surface area contributed by atoms with Crippen LogP contribution in [0.1, 0.15) is 25.7 Å². The average molecular weight is 354 g/mol. The third-order valence-electron chi connectivity index (χ3n) is 4.33. The second-order valence-electron chi connectivity index (χ2n) is 6.29. The Morgan fingerprint density at radius 3 is 2.12 bits per heavy atom. The normalized spacial score (nSPS) is 20.0. The number of aliphatic carboxylic acids is 1. The molecule has 1 aliphatic carbocycles. The zero-order chi connectivity index (χ0) is 18.6. The fraction of sp³-hybridized carbons (Fsp3) is 0.471. The summed E-state index contributed by atoms with van der Waals surface area (Å²) >= 11 is 0. The molecule has 2 rings (SSSR count). The van der Waals surface area contributed by atoms with Crippen molar-refractivity contribution in [1.29, 1.82) is 0 Å². The standard InChI is InChI=1S/C17H20F2N2O4/c1-21(16(23)10-2-4-11(5-3-10)17(24)25)9-15(22)20-14-7-12(18)6-13(19)8-14/h6-8,10-11H,2-5,9H2,1H3,(H,20,22)(H,24,25). The van der Waals surface area contributed by atoms with Crippen molar-refractivity contribution in [1.82, 2.24) is 4.90 Å². The molecule has 0 atom stereocenters. The third-order valence-corrected chi connectivity index (χ3v) is 4.33. The molecule has 2 amide bonds. The van der Waals surface area contributed by atoms with Gasteiger partial charge in [0.2, 0.25) is 11.8 Å². The van der Waals surface area contributed by atoms with Gasteiger partial charge in [0.1, 0.15) is 11.6 Å². The molecule has 0 radical (unpaired) electrons. The van der Waals surface area contributed by atoms with Gasteiger partial charge in [-0.2, -0.15) is 0 Å². The predicted octanol–water partition coefficient (Wildman–Crippen LogP) is 2.25. The van der Waals surface area contributed by atoms with Crippen molar-refractivity contribution >= 4 is 23.5 Å². The highest BCUT2D eigenvalue weighted by Gasteiger charge is 2.31. The molecule has 0 spiro atoms. The van der Waals surface area contributed by atoms with Crippen molar-refractivity contribution in [3.8, 4) is 0 Å². The summed E-state index contributed by atoms with van der Waals surface area (Å²) in [7, 11) is 1.47. The lowest BCUT2D eigenvalue weighted by atomic mass is 9.81. The summed E-state index contributed by atoms with van der Waals surface area (Å²) < 4.78 is 26.2. The Bertz CT molecular complexity index is 652. The number of halogens is 2. The smallest absolute Gasteiger partial charge is 0.306 e. The molecule has 1 aromatic carbocycles. The van der Waals surface area contributed by atoms with Crippen LogP contribution in [-0.2, 0) is 14.4 Å². The van der Waals surface area contributed by atoms with Crippen LogP contribution >= 0.6 is 0 Å². The van der Waals surface area contributed by atoms with Crippen LogP contribution in [-0.4, -0.2) is 41.4 Å². The van der Waals surface area contributed by atoms with Gasteiger partial charge in [0.05, 0.1) is 12.5 Å². The molecule has 0 bridgehead atoms. The van der Waals surface area contributed by atoms with Crippen molar-refractivity contribution < 1.29 is 28.3 Å². The van der Waals surface area contributed by atoms with Crippen molar-refractivity contribution in [2.45, 2.75) is 25.7 Å². The molecule has 2 N–H and O–H groups in total. The molecular formula is C17H20F2N2O4. The Morgan fingerprint density at radius 1 is 1.08 bits per heavy atom. The molecule has 0 unspecified atom stereocenters. The average Bonchev–Trinajstić information content (AvgIpc) is 2.53. The van der Waals surface area contributed by atoms with Crippen molar-refractivity contribution in [3.05, 3.63) is 29.8 Å². The van der Waals surface area contributed by atoms with E-state index in [4.69, 9.17) is 5.11 Å². The monoisotopic (exact) mass is 354 g/mol. The van der Waals surface area contributed by atoms with Gasteiger partial charge in [0.25, 0.3) is 0 Å². The van der Waals surface area contributed by atoms with Crippen LogP contribution in [0.25, 0.3) is 0 Å². The minimum atomic E-state index is -0.846. The summed E-state index contributed by atoms with van der Waals surface area (Å²) in [4.78, 5) is 36.5. The third kappa shape index (κ3) is 5.23. The number of carbonyl (C=O) groups excluding carboxylic acids is 2. The highest BCUT2D eigenvalue weighted by molar-refractivity contribution is 5.94. The lowest BCUT2D eigenvalue weighted by molar-refractivity contribution is -0.145. The predicted molar refractivity (Wildman–Crippen MR) is 85.7 cm³/mol. The Balaban J connectivity index is 1.86. The Hall–Kier alpha value is -2.51. The van der Waals surface area contributed by atoms with E-state index < -0.39 is 29.4 Å². The number of anilines is 1. The molecule has 136 valence electrons. The van der Waals surface area contributed by atoms with E-state index in [1.54, 1.807) is 0 Å². The van der Waals surface area contributed by atoms with Crippen molar-refractivity contribution in [2.75, 3.05) is 18.9 Å². The second kappa shape index (κ2) is 8.04. The maximum Gasteiger partial charge on any atom is 0.306 e. The van der Waals surface area contributed by atoms with Crippen LogP contribution < -0.4 is 5.32 Å². The lowest BCUT2D eigenvalue weighted by Gasteiger charge is -2.28. The van der Waals surface area contributed by atoms with E-state index in [1.165, 1.54) is 11.9 Å². The lowest BCUT2D eigenvalue weighted by Crippen LogP contribution is -2.40. The van der Waals surface area contributed by atoms with Gasteiger partial charge in [-0.25, -0.2) is 8.78 Å². The highest BCUT2D eigenvalue weighted by atomic mass is 19.1. The topological polar surface area (TPSA) is 86.7 Å². The van der Waals surface area contributed by atoms with Gasteiger partial charge in [0, 0.05) is 24.7 Å². The molecule has 1 aliphatic rings. The van der Waals surface area contributed by atoms with Gasteiger partial charge in [-0.1, -0.05) is 0 Å². The minimum absolute atomic E-state index is 0.0229. The zero-order valence-corrected chi connectivity index (χ0v) is 13.8. The second-order valence-corrected chi connectivity index (χ2v) is 6.29. The first-order chi connectivity index (χ1) is 11.8. The largest absolute Gasteiger partial charge is 0.481 e. The van der Waals surface area contributed by atoms with E-state index in [0.29, 0.717) is 31.7 Å². The van der Waals surface area contributed by atoms with Crippen LogP contribution in [0.15, 0.2) is 18.2 Å². The number of benzene rings is 1. The van der Waals surface area contributed by atoms with E-state index in [-0.39, 0.29) is 24.1 Å². The van der Waals surface area contributed by atoms with Gasteiger partial charge in [0.15, 0.2) is 0 Å². The molecule has 0 aromatic heterocycles. The molecule has 0 aliphatic heterocycles. The van der Waals surface area contributed by atoms with Gasteiger partial charge >= 0.3 is 5.97 Å². The van der Waals surface area contributed by atoms with Crippen molar-refractivity contribution in [2.24, 2.45) is 11.8 Å². The number of nitrogens with zero attached hydrogens (tertiary/aromatic N) is 1. The summed E-state index contributed by atoms with van der Waals surface area (Å²) in [5, 5.41) is 11.3. The molecule has 1 fully saturated rings. The zero-order valence-electron chi connectivity index (χ0n) is 13.8. The van der Waals surface area contributed by atoms with Gasteiger partial charge in [-0.3, -0.25) is 14.4 Å². The molecule has 0 saturated heterocycles. The maximum atomic E-state index is 13.1. The maximum absolute atomic E-state index is 13.1. The molecular weight excluding hydrogens is 334 g/mol. The van der Waals surface area contributed by atoms with Crippen LogP contribution in [0.2, 0.25) is 0 Å². The molecule has 25 heavy (non-hydrogen) atoms. The highest BCUT2D eigenvalue weighted by Crippen LogP contribution is 2.30. The number of nitrogens with one attached hydrogen (secondary N) is 1. The van der Waals surface area contributed by atoms with Crippen LogP contribution in [0, 0.1) is 23.5 Å².